The molecule has 0 saturated carbocycles. The van der Waals surface area contributed by atoms with Gasteiger partial charge in [-0.1, -0.05) is 66.8 Å². The summed E-state index contributed by atoms with van der Waals surface area (Å²) in [5.74, 6) is 1.85. The highest BCUT2D eigenvalue weighted by Crippen LogP contribution is 2.52. The molecule has 0 radical (unpaired) electrons. The number of allylic oxidation sites excluding steroid dienone is 7. The number of nitro groups is 1. The highest BCUT2D eigenvalue weighted by molar-refractivity contribution is 5.76. The van der Waals surface area contributed by atoms with Crippen LogP contribution in [0.3, 0.4) is 0 Å². The van der Waals surface area contributed by atoms with Gasteiger partial charge in [-0.15, -0.1) is 0 Å². The molecule has 0 amide bonds. The van der Waals surface area contributed by atoms with Gasteiger partial charge in [-0.2, -0.15) is 0 Å². The molecule has 2 aliphatic carbocycles. The molecule has 0 saturated heterocycles. The second-order valence-electron chi connectivity index (χ2n) is 7.84. The Morgan fingerprint density at radius 3 is 2.71 bits per heavy atom. The summed E-state index contributed by atoms with van der Waals surface area (Å²) in [7, 11) is 1.63. The number of hydrogen-bond acceptors (Lipinski definition) is 4. The summed E-state index contributed by atoms with van der Waals surface area (Å²) in [6.07, 6.45) is 11.4. The number of ether oxygens (including phenoxy) is 2. The summed E-state index contributed by atoms with van der Waals surface area (Å²) in [4.78, 5) is 11.2. The summed E-state index contributed by atoms with van der Waals surface area (Å²) in [6.45, 7) is 2.06. The molecular formula is C26H21NO4. The van der Waals surface area contributed by atoms with E-state index in [9.17, 15) is 10.1 Å². The largest absolute Gasteiger partial charge is 0.497 e. The number of benzene rings is 2. The maximum atomic E-state index is 11.5. The van der Waals surface area contributed by atoms with Gasteiger partial charge < -0.3 is 9.47 Å². The van der Waals surface area contributed by atoms with Crippen molar-refractivity contribution < 1.29 is 14.4 Å². The molecule has 5 heteroatoms. The zero-order valence-corrected chi connectivity index (χ0v) is 17.2. The van der Waals surface area contributed by atoms with Crippen molar-refractivity contribution in [2.75, 3.05) is 7.11 Å². The monoisotopic (exact) mass is 411 g/mol. The van der Waals surface area contributed by atoms with E-state index in [4.69, 9.17) is 9.47 Å². The first-order valence-corrected chi connectivity index (χ1v) is 10.1. The van der Waals surface area contributed by atoms with Gasteiger partial charge in [-0.25, -0.2) is 0 Å². The molecule has 1 aliphatic heterocycles. The van der Waals surface area contributed by atoms with E-state index in [1.54, 1.807) is 19.3 Å². The third kappa shape index (κ3) is 2.93. The van der Waals surface area contributed by atoms with Crippen molar-refractivity contribution in [3.8, 4) is 11.5 Å². The molecular weight excluding hydrogens is 390 g/mol. The fourth-order valence-corrected chi connectivity index (χ4v) is 4.61. The first-order valence-electron chi connectivity index (χ1n) is 10.1. The van der Waals surface area contributed by atoms with Gasteiger partial charge >= 0.3 is 0 Å². The van der Waals surface area contributed by atoms with Crippen molar-refractivity contribution in [3.63, 3.8) is 0 Å². The topological polar surface area (TPSA) is 61.6 Å². The van der Waals surface area contributed by atoms with Gasteiger partial charge in [0.05, 0.1) is 23.4 Å². The molecule has 2 unspecified atom stereocenters. The number of rotatable bonds is 3. The molecule has 5 rings (SSSR count). The van der Waals surface area contributed by atoms with Crippen LogP contribution in [0.1, 0.15) is 18.1 Å². The van der Waals surface area contributed by atoms with Gasteiger partial charge in [-0.05, 0) is 24.1 Å². The average Bonchev–Trinajstić information content (AvgIpc) is 2.81. The molecule has 154 valence electrons. The Kier molecular flexibility index (Phi) is 4.40. The maximum absolute atomic E-state index is 11.5. The predicted molar refractivity (Wildman–Crippen MR) is 119 cm³/mol. The Morgan fingerprint density at radius 1 is 1.16 bits per heavy atom. The summed E-state index contributed by atoms with van der Waals surface area (Å²) in [6, 6.07) is 15.8. The normalized spacial score (nSPS) is 23.5. The highest BCUT2D eigenvalue weighted by Gasteiger charge is 2.43. The van der Waals surface area contributed by atoms with Gasteiger partial charge in [0, 0.05) is 23.3 Å². The number of methoxy groups -OCH3 is 1. The third-order valence-electron chi connectivity index (χ3n) is 6.23. The van der Waals surface area contributed by atoms with Crippen LogP contribution in [-0.2, 0) is 5.41 Å². The van der Waals surface area contributed by atoms with Gasteiger partial charge in [0.2, 0.25) is 0 Å². The van der Waals surface area contributed by atoms with E-state index in [1.807, 2.05) is 60.7 Å². The minimum atomic E-state index is -0.569. The lowest BCUT2D eigenvalue weighted by atomic mass is 9.66. The van der Waals surface area contributed by atoms with E-state index in [-0.39, 0.29) is 16.5 Å². The number of hydrogen-bond donors (Lipinski definition) is 0. The lowest BCUT2D eigenvalue weighted by molar-refractivity contribution is -0.430. The van der Waals surface area contributed by atoms with Gasteiger partial charge in [0.25, 0.3) is 5.70 Å². The van der Waals surface area contributed by atoms with Crippen LogP contribution >= 0.6 is 0 Å². The fraction of sp³-hybridized carbons (Fsp3) is 0.154. The second-order valence-corrected chi connectivity index (χ2v) is 7.84. The quantitative estimate of drug-likeness (QED) is 0.375. The first-order chi connectivity index (χ1) is 15.0. The molecule has 1 heterocycles. The lowest BCUT2D eigenvalue weighted by Gasteiger charge is -2.40. The van der Waals surface area contributed by atoms with Crippen LogP contribution in [0.25, 0.3) is 5.76 Å². The van der Waals surface area contributed by atoms with E-state index in [0.717, 1.165) is 28.0 Å². The Morgan fingerprint density at radius 2 is 1.97 bits per heavy atom. The molecule has 31 heavy (non-hydrogen) atoms. The van der Waals surface area contributed by atoms with E-state index in [1.165, 1.54) is 0 Å². The first kappa shape index (κ1) is 19.1. The van der Waals surface area contributed by atoms with E-state index in [0.29, 0.717) is 11.5 Å². The van der Waals surface area contributed by atoms with E-state index >= 15 is 0 Å². The van der Waals surface area contributed by atoms with Crippen molar-refractivity contribution in [2.24, 2.45) is 5.92 Å². The van der Waals surface area contributed by atoms with Crippen LogP contribution in [0.5, 0.6) is 11.5 Å². The molecule has 5 nitrogen and oxygen atoms in total. The zero-order chi connectivity index (χ0) is 21.6. The minimum Gasteiger partial charge on any atom is -0.497 e. The molecule has 1 spiro atoms. The van der Waals surface area contributed by atoms with Gasteiger partial charge in [-0.3, -0.25) is 10.1 Å². The molecule has 2 aromatic rings. The third-order valence-corrected chi connectivity index (χ3v) is 6.23. The Hall–Kier alpha value is -3.86. The molecule has 0 fully saturated rings. The van der Waals surface area contributed by atoms with Crippen molar-refractivity contribution >= 4 is 5.76 Å². The van der Waals surface area contributed by atoms with Crippen molar-refractivity contribution in [1.82, 2.24) is 0 Å². The van der Waals surface area contributed by atoms with Crippen molar-refractivity contribution in [2.45, 2.75) is 12.3 Å². The van der Waals surface area contributed by atoms with Gasteiger partial charge in [0.15, 0.2) is 0 Å². The summed E-state index contributed by atoms with van der Waals surface area (Å²) in [5.41, 5.74) is 3.52. The van der Waals surface area contributed by atoms with Crippen molar-refractivity contribution in [1.29, 1.82) is 0 Å². The Labute approximate surface area is 180 Å². The molecule has 0 bridgehead atoms. The molecule has 0 aromatic heterocycles. The van der Waals surface area contributed by atoms with Crippen LogP contribution in [0, 0.1) is 16.0 Å². The number of fused-ring (bicyclic) bond motifs is 3. The maximum Gasteiger partial charge on any atom is 0.257 e. The predicted octanol–water partition coefficient (Wildman–Crippen LogP) is 5.60. The van der Waals surface area contributed by atoms with Crippen LogP contribution < -0.4 is 9.47 Å². The van der Waals surface area contributed by atoms with Crippen LogP contribution in [0.2, 0.25) is 0 Å². The molecule has 0 N–H and O–H groups in total. The summed E-state index contributed by atoms with van der Waals surface area (Å²) < 4.78 is 11.8. The Bertz CT molecular complexity index is 1230. The molecule has 2 aromatic carbocycles. The van der Waals surface area contributed by atoms with Crippen LogP contribution in [0.4, 0.5) is 0 Å². The SMILES string of the molecule is COc1ccc2c(c1)OC(c1ccccc1)=C(C)C21C=CC2C(=C1)C=CC=C2[N+](=O)[O-]. The number of nitrogens with zero attached hydrogens (tertiary/aromatic N) is 1. The van der Waals surface area contributed by atoms with Crippen LogP contribution in [-0.4, -0.2) is 12.0 Å². The van der Waals surface area contributed by atoms with Crippen LogP contribution in [0.15, 0.2) is 102 Å². The van der Waals surface area contributed by atoms with E-state index < -0.39 is 5.41 Å². The van der Waals surface area contributed by atoms with E-state index in [2.05, 4.69) is 19.1 Å². The lowest BCUT2D eigenvalue weighted by Crippen LogP contribution is -2.33. The standard InChI is InChI=1S/C26H21NO4/c1-17-25(18-7-4-3-5-8-18)31-24-15-20(30-2)11-12-22(24)26(17)14-13-21-19(16-26)9-6-10-23(21)27(28)29/h3-16,21H,1-2H3. The second kappa shape index (κ2) is 7.13. The fourth-order valence-electron chi connectivity index (χ4n) is 4.61. The molecule has 2 atom stereocenters. The highest BCUT2D eigenvalue weighted by atomic mass is 16.6. The average molecular weight is 411 g/mol. The zero-order valence-electron chi connectivity index (χ0n) is 17.2. The summed E-state index contributed by atoms with van der Waals surface area (Å²) in [5, 5.41) is 11.5. The molecule has 3 aliphatic rings. The van der Waals surface area contributed by atoms with Gasteiger partial charge in [0.1, 0.15) is 17.3 Å². The smallest absolute Gasteiger partial charge is 0.257 e. The Balaban J connectivity index is 1.74. The summed E-state index contributed by atoms with van der Waals surface area (Å²) >= 11 is 0. The minimum absolute atomic E-state index is 0.187. The van der Waals surface area contributed by atoms with Crippen molar-refractivity contribution in [3.05, 3.63) is 123 Å².